The Bertz CT molecular complexity index is 1910. The standard InChI is InChI=1S/C32H24ClN3O5S/c1-21-6-17-27(18-7-21)42(39,40)36-26-15-10-23(11-16-26)31(37)35-34-20-29-28-5-3-2-4-22(28)12-19-30(29)41-32(38)24-8-13-25(33)14-9-24/h2-20,36H,1H3,(H,35,37)/b34-20+. The highest BCUT2D eigenvalue weighted by Crippen LogP contribution is 2.28. The predicted octanol–water partition coefficient (Wildman–Crippen LogP) is 6.59. The Morgan fingerprint density at radius 1 is 0.810 bits per heavy atom. The molecule has 42 heavy (non-hydrogen) atoms. The maximum Gasteiger partial charge on any atom is 0.343 e. The summed E-state index contributed by atoms with van der Waals surface area (Å²) in [5, 5.41) is 6.26. The number of nitrogens with zero attached hydrogens (tertiary/aromatic N) is 1. The number of aryl methyl sites for hydroxylation is 1. The molecule has 210 valence electrons. The molecular formula is C32H24ClN3O5S. The summed E-state index contributed by atoms with van der Waals surface area (Å²) in [6.45, 7) is 1.87. The number of benzene rings is 5. The molecule has 0 aliphatic heterocycles. The SMILES string of the molecule is Cc1ccc(S(=O)(=O)Nc2ccc(C(=O)N/N=C/c3c(OC(=O)c4ccc(Cl)cc4)ccc4ccccc34)cc2)cc1. The minimum absolute atomic E-state index is 0.135. The van der Waals surface area contributed by atoms with Gasteiger partial charge in [-0.15, -0.1) is 0 Å². The van der Waals surface area contributed by atoms with E-state index in [0.717, 1.165) is 16.3 Å². The molecule has 10 heteroatoms. The van der Waals surface area contributed by atoms with Crippen LogP contribution >= 0.6 is 11.6 Å². The number of anilines is 1. The summed E-state index contributed by atoms with van der Waals surface area (Å²) in [6.07, 6.45) is 1.41. The third kappa shape index (κ3) is 6.65. The lowest BCUT2D eigenvalue weighted by Gasteiger charge is -2.11. The normalized spacial score (nSPS) is 11.4. The summed E-state index contributed by atoms with van der Waals surface area (Å²) >= 11 is 5.92. The van der Waals surface area contributed by atoms with Crippen LogP contribution in [0.2, 0.25) is 5.02 Å². The van der Waals surface area contributed by atoms with E-state index in [1.807, 2.05) is 37.3 Å². The molecule has 5 aromatic carbocycles. The van der Waals surface area contributed by atoms with Crippen LogP contribution in [0.3, 0.4) is 0 Å². The number of sulfonamides is 1. The lowest BCUT2D eigenvalue weighted by molar-refractivity contribution is 0.0734. The highest BCUT2D eigenvalue weighted by atomic mass is 35.5. The molecule has 0 saturated heterocycles. The molecule has 0 fully saturated rings. The van der Waals surface area contributed by atoms with Gasteiger partial charge in [-0.2, -0.15) is 5.10 Å². The number of carbonyl (C=O) groups excluding carboxylic acids is 2. The van der Waals surface area contributed by atoms with Crippen LogP contribution in [0.5, 0.6) is 5.75 Å². The van der Waals surface area contributed by atoms with Gasteiger partial charge >= 0.3 is 5.97 Å². The molecule has 0 aliphatic carbocycles. The number of rotatable bonds is 8. The Hall–Kier alpha value is -4.99. The first-order chi connectivity index (χ1) is 20.2. The van der Waals surface area contributed by atoms with Crippen LogP contribution in [-0.4, -0.2) is 26.5 Å². The molecule has 5 aromatic rings. The van der Waals surface area contributed by atoms with Crippen LogP contribution in [0.4, 0.5) is 5.69 Å². The summed E-state index contributed by atoms with van der Waals surface area (Å²) < 4.78 is 33.5. The summed E-state index contributed by atoms with van der Waals surface area (Å²) in [7, 11) is -3.77. The highest BCUT2D eigenvalue weighted by molar-refractivity contribution is 7.92. The second kappa shape index (κ2) is 12.3. The van der Waals surface area contributed by atoms with Gasteiger partial charge in [-0.1, -0.05) is 59.6 Å². The molecule has 0 unspecified atom stereocenters. The number of hydrogen-bond acceptors (Lipinski definition) is 6. The van der Waals surface area contributed by atoms with Gasteiger partial charge in [-0.05, 0) is 84.4 Å². The Morgan fingerprint density at radius 2 is 1.48 bits per heavy atom. The van der Waals surface area contributed by atoms with Crippen molar-refractivity contribution >= 4 is 56.2 Å². The van der Waals surface area contributed by atoms with Gasteiger partial charge in [-0.3, -0.25) is 9.52 Å². The van der Waals surface area contributed by atoms with Gasteiger partial charge in [0, 0.05) is 21.8 Å². The van der Waals surface area contributed by atoms with Crippen molar-refractivity contribution in [2.75, 3.05) is 4.72 Å². The first-order valence-electron chi connectivity index (χ1n) is 12.7. The van der Waals surface area contributed by atoms with Gasteiger partial charge in [-0.25, -0.2) is 18.6 Å². The Kier molecular flexibility index (Phi) is 8.33. The molecule has 0 bridgehead atoms. The van der Waals surface area contributed by atoms with Crippen molar-refractivity contribution in [2.24, 2.45) is 5.10 Å². The maximum absolute atomic E-state index is 12.8. The molecule has 0 atom stereocenters. The van der Waals surface area contributed by atoms with Crippen LogP contribution in [0, 0.1) is 6.92 Å². The van der Waals surface area contributed by atoms with Crippen molar-refractivity contribution in [3.8, 4) is 5.75 Å². The number of amides is 1. The smallest absolute Gasteiger partial charge is 0.343 e. The van der Waals surface area contributed by atoms with Gasteiger partial charge in [0.2, 0.25) is 0 Å². The molecule has 0 aromatic heterocycles. The van der Waals surface area contributed by atoms with E-state index < -0.39 is 21.9 Å². The average Bonchev–Trinajstić information content (AvgIpc) is 2.98. The minimum atomic E-state index is -3.77. The van der Waals surface area contributed by atoms with E-state index >= 15 is 0 Å². The lowest BCUT2D eigenvalue weighted by Crippen LogP contribution is -2.18. The minimum Gasteiger partial charge on any atom is -0.422 e. The number of hydrogen-bond donors (Lipinski definition) is 2. The largest absolute Gasteiger partial charge is 0.422 e. The molecule has 0 saturated carbocycles. The topological polar surface area (TPSA) is 114 Å². The van der Waals surface area contributed by atoms with E-state index in [1.54, 1.807) is 42.5 Å². The molecule has 2 N–H and O–H groups in total. The number of halogens is 1. The summed E-state index contributed by atoms with van der Waals surface area (Å²) in [5.41, 5.74) is 4.80. The number of ether oxygens (including phenoxy) is 1. The zero-order valence-corrected chi connectivity index (χ0v) is 23.8. The van der Waals surface area contributed by atoms with Gasteiger partial charge in [0.1, 0.15) is 5.75 Å². The monoisotopic (exact) mass is 597 g/mol. The fourth-order valence-electron chi connectivity index (χ4n) is 4.08. The van der Waals surface area contributed by atoms with Gasteiger partial charge in [0.15, 0.2) is 0 Å². The first-order valence-corrected chi connectivity index (χ1v) is 14.6. The first kappa shape index (κ1) is 28.5. The van der Waals surface area contributed by atoms with Crippen LogP contribution in [-0.2, 0) is 10.0 Å². The molecule has 0 spiro atoms. The number of carbonyl (C=O) groups is 2. The van der Waals surface area contributed by atoms with Crippen molar-refractivity contribution < 1.29 is 22.7 Å². The summed E-state index contributed by atoms with van der Waals surface area (Å²) in [6, 6.07) is 29.7. The van der Waals surface area contributed by atoms with E-state index in [2.05, 4.69) is 15.2 Å². The number of fused-ring (bicyclic) bond motifs is 1. The second-order valence-electron chi connectivity index (χ2n) is 9.29. The summed E-state index contributed by atoms with van der Waals surface area (Å²) in [4.78, 5) is 25.7. The van der Waals surface area contributed by atoms with E-state index in [9.17, 15) is 18.0 Å². The molecule has 5 rings (SSSR count). The van der Waals surface area contributed by atoms with Gasteiger partial charge < -0.3 is 4.74 Å². The fourth-order valence-corrected chi connectivity index (χ4v) is 5.27. The Balaban J connectivity index is 1.31. The fraction of sp³-hybridized carbons (Fsp3) is 0.0312. The maximum atomic E-state index is 12.8. The van der Waals surface area contributed by atoms with Crippen LogP contribution in [0.1, 0.15) is 31.8 Å². The van der Waals surface area contributed by atoms with Crippen LogP contribution in [0.15, 0.2) is 119 Å². The third-order valence-corrected chi connectivity index (χ3v) is 7.95. The molecule has 0 aliphatic rings. The molecule has 8 nitrogen and oxygen atoms in total. The Labute approximate surface area is 247 Å². The van der Waals surface area contributed by atoms with Crippen LogP contribution < -0.4 is 14.9 Å². The van der Waals surface area contributed by atoms with Crippen LogP contribution in [0.25, 0.3) is 10.8 Å². The molecule has 0 radical (unpaired) electrons. The van der Waals surface area contributed by atoms with E-state index in [0.29, 0.717) is 21.8 Å². The van der Waals surface area contributed by atoms with Crippen molar-refractivity contribution in [3.05, 3.63) is 136 Å². The van der Waals surface area contributed by atoms with Crippen molar-refractivity contribution in [1.29, 1.82) is 0 Å². The quantitative estimate of drug-likeness (QED) is 0.0907. The molecular weight excluding hydrogens is 574 g/mol. The van der Waals surface area contributed by atoms with E-state index in [1.165, 1.54) is 42.6 Å². The molecule has 1 amide bonds. The van der Waals surface area contributed by atoms with Gasteiger partial charge in [0.25, 0.3) is 15.9 Å². The van der Waals surface area contributed by atoms with Crippen molar-refractivity contribution in [1.82, 2.24) is 5.43 Å². The highest BCUT2D eigenvalue weighted by Gasteiger charge is 2.16. The zero-order valence-electron chi connectivity index (χ0n) is 22.2. The van der Waals surface area contributed by atoms with E-state index in [-0.39, 0.29) is 16.2 Å². The number of hydrazone groups is 1. The lowest BCUT2D eigenvalue weighted by atomic mass is 10.0. The number of nitrogens with one attached hydrogen (secondary N) is 2. The van der Waals surface area contributed by atoms with E-state index in [4.69, 9.17) is 16.3 Å². The number of esters is 1. The average molecular weight is 598 g/mol. The predicted molar refractivity (Wildman–Crippen MR) is 164 cm³/mol. The van der Waals surface area contributed by atoms with Gasteiger partial charge in [0.05, 0.1) is 16.7 Å². The van der Waals surface area contributed by atoms with Crippen molar-refractivity contribution in [3.63, 3.8) is 0 Å². The third-order valence-electron chi connectivity index (χ3n) is 6.30. The molecule has 0 heterocycles. The van der Waals surface area contributed by atoms with Crippen molar-refractivity contribution in [2.45, 2.75) is 11.8 Å². The Morgan fingerprint density at radius 3 is 2.19 bits per heavy atom. The second-order valence-corrected chi connectivity index (χ2v) is 11.4. The summed E-state index contributed by atoms with van der Waals surface area (Å²) in [5.74, 6) is -0.824. The zero-order chi connectivity index (χ0) is 29.7.